The Morgan fingerprint density at radius 1 is 0.673 bits per heavy atom. The Morgan fingerprint density at radius 3 is 1.96 bits per heavy atom. The number of carbonyl (C=O) groups is 4. The van der Waals surface area contributed by atoms with Crippen molar-refractivity contribution in [2.75, 3.05) is 9.80 Å². The first-order valence-corrected chi connectivity index (χ1v) is 17.7. The maximum atomic E-state index is 15.3. The quantitative estimate of drug-likeness (QED) is 0.126. The fraction of sp³-hybridized carbons (Fsp3) is 0.250. The molecule has 282 valence electrons. The van der Waals surface area contributed by atoms with Gasteiger partial charge >= 0.3 is 12.4 Å². The van der Waals surface area contributed by atoms with Crippen LogP contribution in [0.15, 0.2) is 103 Å². The summed E-state index contributed by atoms with van der Waals surface area (Å²) in [6, 6.07) is 19.2. The number of carbonyl (C=O) groups excluding carboxylic acids is 4. The Labute approximate surface area is 318 Å². The molecule has 8 rings (SSSR count). The predicted molar refractivity (Wildman–Crippen MR) is 188 cm³/mol. The van der Waals surface area contributed by atoms with E-state index < -0.39 is 87.8 Å². The van der Waals surface area contributed by atoms with Crippen LogP contribution in [-0.2, 0) is 36.9 Å². The van der Waals surface area contributed by atoms with Crippen LogP contribution in [0.3, 0.4) is 0 Å². The standard InChI is InChI=1S/C40H26Cl2F6N2O5/c41-22-7-4-8-24(16-22)50-35(53)30-18-28-26(33(29-17-23(42)9-12-31(29)51)38(30,37(50)55)19-5-2-1-3-6-19)10-11-27-32(28)36(54)49(34(27)52)25-14-20(39(43,44)45)13-21(15-25)40(46,47)48/h1-10,12-17,27-28,30,32-33,51H,11,18H2. The number of hydrogen-bond donors (Lipinski definition) is 1. The summed E-state index contributed by atoms with van der Waals surface area (Å²) in [6.07, 6.45) is -9.27. The summed E-state index contributed by atoms with van der Waals surface area (Å²) in [5.74, 6) is -9.75. The molecule has 4 aliphatic rings. The first kappa shape index (κ1) is 36.8. The van der Waals surface area contributed by atoms with Crippen molar-refractivity contribution < 1.29 is 50.6 Å². The molecule has 7 nitrogen and oxygen atoms in total. The van der Waals surface area contributed by atoms with Gasteiger partial charge in [-0.2, -0.15) is 26.3 Å². The molecule has 1 N–H and O–H groups in total. The highest BCUT2D eigenvalue weighted by molar-refractivity contribution is 6.32. The number of phenolic OH excluding ortho intramolecular Hbond substituents is 1. The van der Waals surface area contributed by atoms with E-state index >= 15 is 4.79 Å². The number of aromatic hydroxyl groups is 1. The molecule has 0 spiro atoms. The van der Waals surface area contributed by atoms with E-state index in [1.54, 1.807) is 48.5 Å². The molecule has 2 heterocycles. The number of imide groups is 2. The number of rotatable bonds is 4. The molecule has 15 heteroatoms. The highest BCUT2D eigenvalue weighted by Crippen LogP contribution is 2.65. The SMILES string of the molecule is O=C1C2CC=C3C(CC4C(=O)N(c5cccc(Cl)c5)C(=O)C4(c4ccccc4)C3c3cc(Cl)ccc3O)C2C(=O)N1c1cc(C(F)(F)F)cc(C(F)(F)F)c1. The van der Waals surface area contributed by atoms with Crippen molar-refractivity contribution in [1.29, 1.82) is 0 Å². The van der Waals surface area contributed by atoms with Gasteiger partial charge in [0.1, 0.15) is 5.75 Å². The van der Waals surface area contributed by atoms with Gasteiger partial charge in [0, 0.05) is 21.5 Å². The van der Waals surface area contributed by atoms with Crippen LogP contribution in [0.1, 0.15) is 41.0 Å². The Bertz CT molecular complexity index is 2320. The molecule has 0 aromatic heterocycles. The topological polar surface area (TPSA) is 95.0 Å². The Balaban J connectivity index is 1.33. The minimum atomic E-state index is -5.25. The summed E-state index contributed by atoms with van der Waals surface area (Å²) in [4.78, 5) is 59.9. The molecule has 6 unspecified atom stereocenters. The molecule has 4 aromatic rings. The third-order valence-electron chi connectivity index (χ3n) is 11.3. The second-order valence-corrected chi connectivity index (χ2v) is 14.9. The van der Waals surface area contributed by atoms with E-state index in [2.05, 4.69) is 0 Å². The average molecular weight is 800 g/mol. The van der Waals surface area contributed by atoms with Gasteiger partial charge in [-0.25, -0.2) is 9.80 Å². The smallest absolute Gasteiger partial charge is 0.416 e. The molecule has 0 radical (unpaired) electrons. The lowest BCUT2D eigenvalue weighted by molar-refractivity contribution is -0.143. The third-order valence-corrected chi connectivity index (χ3v) is 11.8. The van der Waals surface area contributed by atoms with Gasteiger partial charge in [0.25, 0.3) is 0 Å². The Hall–Kier alpha value is -5.14. The van der Waals surface area contributed by atoms with Gasteiger partial charge in [-0.05, 0) is 78.9 Å². The fourth-order valence-corrected chi connectivity index (χ4v) is 9.53. The zero-order valence-corrected chi connectivity index (χ0v) is 29.5. The van der Waals surface area contributed by atoms with Crippen LogP contribution in [0.5, 0.6) is 5.75 Å². The van der Waals surface area contributed by atoms with Crippen LogP contribution in [0, 0.1) is 23.7 Å². The highest BCUT2D eigenvalue weighted by atomic mass is 35.5. The second kappa shape index (κ2) is 12.7. The van der Waals surface area contributed by atoms with E-state index in [1.807, 2.05) is 0 Å². The lowest BCUT2D eigenvalue weighted by atomic mass is 9.49. The number of fused-ring (bicyclic) bond motifs is 4. The van der Waals surface area contributed by atoms with Crippen LogP contribution in [-0.4, -0.2) is 28.7 Å². The number of benzene rings is 4. The van der Waals surface area contributed by atoms with Crippen LogP contribution in [0.25, 0.3) is 0 Å². The summed E-state index contributed by atoms with van der Waals surface area (Å²) in [5.41, 5.74) is -5.01. The number of amides is 4. The summed E-state index contributed by atoms with van der Waals surface area (Å²) < 4.78 is 83.3. The third kappa shape index (κ3) is 5.56. The number of allylic oxidation sites excluding steroid dienone is 2. The average Bonchev–Trinajstić information content (AvgIpc) is 3.52. The van der Waals surface area contributed by atoms with Crippen molar-refractivity contribution in [1.82, 2.24) is 0 Å². The zero-order valence-electron chi connectivity index (χ0n) is 28.0. The Kier molecular flexibility index (Phi) is 8.50. The number of alkyl halides is 6. The zero-order chi connectivity index (χ0) is 39.4. The number of phenols is 1. The van der Waals surface area contributed by atoms with E-state index in [-0.39, 0.29) is 46.0 Å². The van der Waals surface area contributed by atoms with Crippen molar-refractivity contribution in [3.63, 3.8) is 0 Å². The molecule has 2 saturated heterocycles. The highest BCUT2D eigenvalue weighted by Gasteiger charge is 2.70. The van der Waals surface area contributed by atoms with E-state index in [0.717, 1.165) is 4.90 Å². The van der Waals surface area contributed by atoms with Crippen LogP contribution in [0.2, 0.25) is 10.0 Å². The fourth-order valence-electron chi connectivity index (χ4n) is 9.17. The molecule has 4 amide bonds. The monoisotopic (exact) mass is 798 g/mol. The van der Waals surface area contributed by atoms with Crippen molar-refractivity contribution >= 4 is 58.2 Å². The lowest BCUT2D eigenvalue weighted by Crippen LogP contribution is -2.53. The van der Waals surface area contributed by atoms with Gasteiger partial charge in [-0.1, -0.05) is 71.2 Å². The van der Waals surface area contributed by atoms with Gasteiger partial charge in [-0.15, -0.1) is 0 Å². The molecule has 1 saturated carbocycles. The Morgan fingerprint density at radius 2 is 1.33 bits per heavy atom. The molecule has 4 aromatic carbocycles. The second-order valence-electron chi connectivity index (χ2n) is 14.1. The summed E-state index contributed by atoms with van der Waals surface area (Å²) in [5, 5.41) is 11.8. The van der Waals surface area contributed by atoms with Crippen LogP contribution < -0.4 is 9.80 Å². The van der Waals surface area contributed by atoms with Crippen molar-refractivity contribution in [2.24, 2.45) is 23.7 Å². The van der Waals surface area contributed by atoms with Crippen molar-refractivity contribution in [3.05, 3.63) is 135 Å². The molecule has 6 atom stereocenters. The van der Waals surface area contributed by atoms with Gasteiger partial charge in [0.2, 0.25) is 23.6 Å². The van der Waals surface area contributed by atoms with Crippen LogP contribution >= 0.6 is 23.2 Å². The first-order valence-electron chi connectivity index (χ1n) is 17.0. The summed E-state index contributed by atoms with van der Waals surface area (Å²) in [6.45, 7) is 0. The van der Waals surface area contributed by atoms with E-state index in [0.29, 0.717) is 28.2 Å². The maximum absolute atomic E-state index is 15.3. The molecular weight excluding hydrogens is 773 g/mol. The number of halogens is 8. The molecule has 55 heavy (non-hydrogen) atoms. The van der Waals surface area contributed by atoms with Crippen molar-refractivity contribution in [2.45, 2.75) is 36.5 Å². The maximum Gasteiger partial charge on any atom is 0.416 e. The minimum absolute atomic E-state index is 0.0953. The normalized spacial score (nSPS) is 26.5. The van der Waals surface area contributed by atoms with E-state index in [1.165, 1.54) is 30.3 Å². The van der Waals surface area contributed by atoms with Gasteiger partial charge in [0.05, 0.1) is 45.7 Å². The number of nitrogens with zero attached hydrogens (tertiary/aromatic N) is 2. The van der Waals surface area contributed by atoms with Crippen LogP contribution in [0.4, 0.5) is 37.7 Å². The van der Waals surface area contributed by atoms with Crippen molar-refractivity contribution in [3.8, 4) is 5.75 Å². The van der Waals surface area contributed by atoms with E-state index in [9.17, 15) is 45.8 Å². The molecule has 2 aliphatic heterocycles. The van der Waals surface area contributed by atoms with Gasteiger partial charge < -0.3 is 5.11 Å². The molecule has 2 aliphatic carbocycles. The molecule has 0 bridgehead atoms. The number of hydrogen-bond acceptors (Lipinski definition) is 5. The van der Waals surface area contributed by atoms with Gasteiger partial charge in [-0.3, -0.25) is 19.2 Å². The molecular formula is C40H26Cl2F6N2O5. The summed E-state index contributed by atoms with van der Waals surface area (Å²) in [7, 11) is 0. The lowest BCUT2D eigenvalue weighted by Gasteiger charge is -2.50. The van der Waals surface area contributed by atoms with Gasteiger partial charge in [0.15, 0.2) is 0 Å². The number of anilines is 2. The minimum Gasteiger partial charge on any atom is -0.508 e. The molecule has 3 fully saturated rings. The largest absolute Gasteiger partial charge is 0.508 e. The summed E-state index contributed by atoms with van der Waals surface area (Å²) >= 11 is 12.8. The first-order chi connectivity index (χ1) is 25.9. The van der Waals surface area contributed by atoms with E-state index in [4.69, 9.17) is 23.2 Å². The predicted octanol–water partition coefficient (Wildman–Crippen LogP) is 9.10.